The largest absolute Gasteiger partial charge is 0.478 e. The van der Waals surface area contributed by atoms with E-state index in [9.17, 15) is 14.9 Å². The highest BCUT2D eigenvalue weighted by molar-refractivity contribution is 6.11. The quantitative estimate of drug-likeness (QED) is 0.466. The van der Waals surface area contributed by atoms with E-state index in [1.165, 1.54) is 18.2 Å². The van der Waals surface area contributed by atoms with Gasteiger partial charge < -0.3 is 15.0 Å². The molecular formula is C23H21N3O3. The van der Waals surface area contributed by atoms with Crippen molar-refractivity contribution in [1.82, 2.24) is 4.57 Å². The highest BCUT2D eigenvalue weighted by Crippen LogP contribution is 2.27. The fourth-order valence-electron chi connectivity index (χ4n) is 3.14. The number of nitrogens with zero attached hydrogens (tertiary/aromatic N) is 2. The SMILES string of the molecule is CC[C@H](C)n1cc(/C=C(/C#N)C(=O)Nc2cccc(C(=O)O)c2)c2ccccc21. The van der Waals surface area contributed by atoms with Gasteiger partial charge in [0.15, 0.2) is 0 Å². The van der Waals surface area contributed by atoms with Gasteiger partial charge in [-0.25, -0.2) is 4.79 Å². The monoisotopic (exact) mass is 387 g/mol. The highest BCUT2D eigenvalue weighted by atomic mass is 16.4. The first-order valence-electron chi connectivity index (χ1n) is 9.30. The Hall–Kier alpha value is -3.85. The minimum atomic E-state index is -1.09. The highest BCUT2D eigenvalue weighted by Gasteiger charge is 2.15. The molecule has 1 atom stereocenters. The average Bonchev–Trinajstić information content (AvgIpc) is 3.10. The fourth-order valence-corrected chi connectivity index (χ4v) is 3.14. The molecule has 0 aliphatic rings. The van der Waals surface area contributed by atoms with Crippen LogP contribution in [0.3, 0.4) is 0 Å². The van der Waals surface area contributed by atoms with Crippen LogP contribution in [-0.4, -0.2) is 21.6 Å². The van der Waals surface area contributed by atoms with E-state index >= 15 is 0 Å². The molecule has 0 saturated carbocycles. The molecule has 6 heteroatoms. The second-order valence-corrected chi connectivity index (χ2v) is 6.78. The smallest absolute Gasteiger partial charge is 0.335 e. The van der Waals surface area contributed by atoms with Crippen LogP contribution in [0.5, 0.6) is 0 Å². The molecule has 0 unspecified atom stereocenters. The summed E-state index contributed by atoms with van der Waals surface area (Å²) >= 11 is 0. The predicted octanol–water partition coefficient (Wildman–Crippen LogP) is 4.86. The van der Waals surface area contributed by atoms with Gasteiger partial charge in [-0.3, -0.25) is 4.79 Å². The number of carboxylic acids is 1. The van der Waals surface area contributed by atoms with Crippen molar-refractivity contribution in [1.29, 1.82) is 5.26 Å². The normalized spacial score (nSPS) is 12.4. The molecule has 0 aliphatic carbocycles. The lowest BCUT2D eigenvalue weighted by molar-refractivity contribution is -0.112. The lowest BCUT2D eigenvalue weighted by atomic mass is 10.1. The van der Waals surface area contributed by atoms with Gasteiger partial charge in [0.1, 0.15) is 11.6 Å². The summed E-state index contributed by atoms with van der Waals surface area (Å²) in [5, 5.41) is 22.2. The van der Waals surface area contributed by atoms with E-state index in [-0.39, 0.29) is 17.2 Å². The standard InChI is InChI=1S/C23H21N3O3/c1-3-15(2)26-14-18(20-9-4-5-10-21(20)26)11-17(13-24)22(27)25-19-8-6-7-16(12-19)23(28)29/h4-12,14-15H,3H2,1-2H3,(H,25,27)(H,28,29)/b17-11-/t15-/m0/s1. The molecular weight excluding hydrogens is 366 g/mol. The van der Waals surface area contributed by atoms with Crippen LogP contribution in [0.15, 0.2) is 60.3 Å². The molecule has 0 fully saturated rings. The molecule has 29 heavy (non-hydrogen) atoms. The van der Waals surface area contributed by atoms with Gasteiger partial charge in [-0.1, -0.05) is 31.2 Å². The van der Waals surface area contributed by atoms with Gasteiger partial charge >= 0.3 is 5.97 Å². The van der Waals surface area contributed by atoms with Crippen molar-refractivity contribution in [3.8, 4) is 6.07 Å². The number of nitriles is 1. The van der Waals surface area contributed by atoms with Gasteiger partial charge in [-0.15, -0.1) is 0 Å². The number of hydrogen-bond donors (Lipinski definition) is 2. The minimum absolute atomic E-state index is 0.0573. The first-order valence-corrected chi connectivity index (χ1v) is 9.30. The number of carboxylic acid groups (broad SMARTS) is 1. The Kier molecular flexibility index (Phi) is 5.79. The lowest BCUT2D eigenvalue weighted by Gasteiger charge is -2.12. The summed E-state index contributed by atoms with van der Waals surface area (Å²) in [4.78, 5) is 23.7. The van der Waals surface area contributed by atoms with E-state index in [4.69, 9.17) is 5.11 Å². The summed E-state index contributed by atoms with van der Waals surface area (Å²) < 4.78 is 2.14. The Morgan fingerprint density at radius 3 is 2.69 bits per heavy atom. The summed E-state index contributed by atoms with van der Waals surface area (Å²) in [5.74, 6) is -1.68. The van der Waals surface area contributed by atoms with Crippen LogP contribution in [0.2, 0.25) is 0 Å². The maximum atomic E-state index is 12.6. The number of amides is 1. The van der Waals surface area contributed by atoms with Crippen LogP contribution in [0.1, 0.15) is 42.2 Å². The van der Waals surface area contributed by atoms with Gasteiger partial charge in [0.25, 0.3) is 5.91 Å². The number of aromatic nitrogens is 1. The fraction of sp³-hybridized carbons (Fsp3) is 0.174. The zero-order chi connectivity index (χ0) is 21.0. The predicted molar refractivity (Wildman–Crippen MR) is 113 cm³/mol. The van der Waals surface area contributed by atoms with E-state index in [2.05, 4.69) is 23.7 Å². The van der Waals surface area contributed by atoms with Crippen molar-refractivity contribution in [2.75, 3.05) is 5.32 Å². The molecule has 0 spiro atoms. The Bertz CT molecular complexity index is 1150. The Balaban J connectivity index is 1.96. The van der Waals surface area contributed by atoms with E-state index in [1.54, 1.807) is 12.1 Å². The molecule has 1 heterocycles. The molecule has 6 nitrogen and oxygen atoms in total. The Morgan fingerprint density at radius 1 is 1.24 bits per heavy atom. The maximum Gasteiger partial charge on any atom is 0.335 e. The van der Waals surface area contributed by atoms with E-state index in [0.717, 1.165) is 22.9 Å². The minimum Gasteiger partial charge on any atom is -0.478 e. The maximum absolute atomic E-state index is 12.6. The third-order valence-corrected chi connectivity index (χ3v) is 4.87. The van der Waals surface area contributed by atoms with Crippen molar-refractivity contribution in [3.05, 3.63) is 71.4 Å². The number of para-hydroxylation sites is 1. The van der Waals surface area contributed by atoms with Crippen LogP contribution in [0, 0.1) is 11.3 Å². The van der Waals surface area contributed by atoms with Crippen LogP contribution >= 0.6 is 0 Å². The van der Waals surface area contributed by atoms with Crippen LogP contribution in [0.4, 0.5) is 5.69 Å². The molecule has 146 valence electrons. The first-order chi connectivity index (χ1) is 13.9. The third-order valence-electron chi connectivity index (χ3n) is 4.87. The number of nitrogens with one attached hydrogen (secondary N) is 1. The van der Waals surface area contributed by atoms with Gasteiger partial charge in [0, 0.05) is 34.4 Å². The number of hydrogen-bond acceptors (Lipinski definition) is 3. The summed E-state index contributed by atoms with van der Waals surface area (Å²) in [7, 11) is 0. The third kappa shape index (κ3) is 4.19. The number of carbonyl (C=O) groups is 2. The Morgan fingerprint density at radius 2 is 2.00 bits per heavy atom. The second-order valence-electron chi connectivity index (χ2n) is 6.78. The van der Waals surface area contributed by atoms with E-state index in [0.29, 0.717) is 5.69 Å². The van der Waals surface area contributed by atoms with Crippen molar-refractivity contribution in [2.24, 2.45) is 0 Å². The summed E-state index contributed by atoms with van der Waals surface area (Å²) in [5.41, 5.74) is 2.14. The van der Waals surface area contributed by atoms with Crippen molar-refractivity contribution in [2.45, 2.75) is 26.3 Å². The summed E-state index contributed by atoms with van der Waals surface area (Å²) in [6, 6.07) is 16.0. The number of rotatable bonds is 6. The average molecular weight is 387 g/mol. The van der Waals surface area contributed by atoms with Gasteiger partial charge in [-0.2, -0.15) is 5.26 Å². The number of fused-ring (bicyclic) bond motifs is 1. The van der Waals surface area contributed by atoms with Crippen molar-refractivity contribution >= 4 is 34.5 Å². The van der Waals surface area contributed by atoms with Crippen molar-refractivity contribution in [3.63, 3.8) is 0 Å². The molecule has 1 amide bonds. The molecule has 3 aromatic rings. The second kappa shape index (κ2) is 8.44. The Labute approximate surface area is 168 Å². The molecule has 0 radical (unpaired) electrons. The summed E-state index contributed by atoms with van der Waals surface area (Å²) in [6.07, 6.45) is 4.47. The number of aromatic carboxylic acids is 1. The molecule has 0 saturated heterocycles. The number of anilines is 1. The zero-order valence-electron chi connectivity index (χ0n) is 16.2. The molecule has 1 aromatic heterocycles. The summed E-state index contributed by atoms with van der Waals surface area (Å²) in [6.45, 7) is 4.22. The van der Waals surface area contributed by atoms with Crippen LogP contribution in [0.25, 0.3) is 17.0 Å². The van der Waals surface area contributed by atoms with Crippen LogP contribution in [-0.2, 0) is 4.79 Å². The van der Waals surface area contributed by atoms with E-state index < -0.39 is 11.9 Å². The van der Waals surface area contributed by atoms with Crippen LogP contribution < -0.4 is 5.32 Å². The molecule has 3 rings (SSSR count). The van der Waals surface area contributed by atoms with E-state index in [1.807, 2.05) is 36.5 Å². The van der Waals surface area contributed by atoms with Gasteiger partial charge in [-0.05, 0) is 43.7 Å². The molecule has 2 aromatic carbocycles. The first kappa shape index (κ1) is 19.9. The zero-order valence-corrected chi connectivity index (χ0v) is 16.2. The topological polar surface area (TPSA) is 95.1 Å². The van der Waals surface area contributed by atoms with Gasteiger partial charge in [0.2, 0.25) is 0 Å². The molecule has 0 aliphatic heterocycles. The lowest BCUT2D eigenvalue weighted by Crippen LogP contribution is -2.13. The van der Waals surface area contributed by atoms with Crippen molar-refractivity contribution < 1.29 is 14.7 Å². The molecule has 2 N–H and O–H groups in total. The number of carbonyl (C=O) groups excluding carboxylic acids is 1. The van der Waals surface area contributed by atoms with Gasteiger partial charge in [0.05, 0.1) is 5.56 Å². The number of benzene rings is 2. The molecule has 0 bridgehead atoms.